The summed E-state index contributed by atoms with van der Waals surface area (Å²) >= 11 is 32.4. The van der Waals surface area contributed by atoms with E-state index in [2.05, 4.69) is 100 Å². The lowest BCUT2D eigenvalue weighted by Gasteiger charge is -2.32. The number of esters is 1. The quantitative estimate of drug-likeness (QED) is 0.0356. The molecule has 0 spiro atoms. The first-order valence-corrected chi connectivity index (χ1v) is 45.5. The highest BCUT2D eigenvalue weighted by Gasteiger charge is 2.32. The highest BCUT2D eigenvalue weighted by molar-refractivity contribution is 8.70. The van der Waals surface area contributed by atoms with Crippen LogP contribution in [0.15, 0.2) is 12.2 Å². The molecule has 0 saturated carbocycles. The maximum absolute atomic E-state index is 12.0. The van der Waals surface area contributed by atoms with Crippen LogP contribution >= 0.6 is 67.8 Å². The van der Waals surface area contributed by atoms with Crippen molar-refractivity contribution in [2.24, 2.45) is 23.7 Å². The fourth-order valence-corrected chi connectivity index (χ4v) is 30.0. The number of hydrogen-bond donors (Lipinski definition) is 1. The van der Waals surface area contributed by atoms with E-state index >= 15 is 0 Å². The summed E-state index contributed by atoms with van der Waals surface area (Å²) in [6.45, 7) is 30.0. The topological polar surface area (TPSA) is 84.5 Å². The number of rotatable bonds is 50. The summed E-state index contributed by atoms with van der Waals surface area (Å²) in [6, 6.07) is 0.106. The van der Waals surface area contributed by atoms with Gasteiger partial charge in [0.15, 0.2) is 5.62 Å². The van der Waals surface area contributed by atoms with E-state index in [0.29, 0.717) is 47.4 Å². The minimum atomic E-state index is -2.98. The largest absolute Gasteiger partial charge is 0.469 e. The van der Waals surface area contributed by atoms with E-state index in [-0.39, 0.29) is 36.7 Å². The Kier molecular flexibility index (Phi) is 46.4. The van der Waals surface area contributed by atoms with Crippen molar-refractivity contribution in [1.29, 1.82) is 0 Å². The van der Waals surface area contributed by atoms with Crippen LogP contribution in [0.3, 0.4) is 0 Å². The summed E-state index contributed by atoms with van der Waals surface area (Å²) in [7, 11) is 1.41. The van der Waals surface area contributed by atoms with Crippen molar-refractivity contribution in [3.8, 4) is 0 Å². The van der Waals surface area contributed by atoms with E-state index in [4.69, 9.17) is 74.6 Å². The van der Waals surface area contributed by atoms with Gasteiger partial charge in [-0.25, -0.2) is 0 Å². The molecule has 0 bridgehead atoms. The van der Waals surface area contributed by atoms with Gasteiger partial charge in [-0.2, -0.15) is 0 Å². The standard InChI is InChI=1S/C52H107NO7P4S8/c1-15-23-29-48(19-5)33-27-36-61(65,56-39-50(21-7)31-25-17-3)70-41-46(12)59-64(68,72-43-45(11)58-63(67,53-44(9)10)69-38-35-52(54)55-14)60-47(13)42-71-62(66,57-40-51(22-8)32-26-18-4)37-28-34-49(20-6)30-24-16-2/h27,33,44-51H,15-26,28-32,34-43H2,1-14H3,(H,53,67)/b33-27+. The Morgan fingerprint density at radius 2 is 1.03 bits per heavy atom. The second-order valence-electron chi connectivity index (χ2n) is 19.9. The Morgan fingerprint density at radius 3 is 1.51 bits per heavy atom. The molecule has 0 heterocycles. The number of allylic oxidation sites excluding steroid dienone is 2. The van der Waals surface area contributed by atoms with Crippen LogP contribution < -0.4 is 5.09 Å². The number of carbonyl (C=O) groups is 1. The molecule has 0 amide bonds. The van der Waals surface area contributed by atoms with Gasteiger partial charge in [0, 0.05) is 41.4 Å². The summed E-state index contributed by atoms with van der Waals surface area (Å²) in [6.07, 6.45) is 27.4. The Balaban J connectivity index is 6.70. The van der Waals surface area contributed by atoms with Gasteiger partial charge in [0.25, 0.3) is 0 Å². The van der Waals surface area contributed by atoms with Gasteiger partial charge in [-0.15, -0.1) is 0 Å². The summed E-state index contributed by atoms with van der Waals surface area (Å²) in [5, 5.41) is 3.51. The van der Waals surface area contributed by atoms with Gasteiger partial charge in [-0.3, -0.25) is 9.88 Å². The van der Waals surface area contributed by atoms with Crippen molar-refractivity contribution in [3.05, 3.63) is 12.2 Å². The van der Waals surface area contributed by atoms with Gasteiger partial charge in [-0.05, 0) is 120 Å². The first-order valence-electron chi connectivity index (χ1n) is 28.0. The van der Waals surface area contributed by atoms with Crippen LogP contribution in [0.5, 0.6) is 0 Å². The molecule has 8 nitrogen and oxygen atoms in total. The number of ether oxygens (including phenoxy) is 1. The van der Waals surface area contributed by atoms with Crippen LogP contribution in [0, 0.1) is 23.7 Å². The number of carbonyl (C=O) groups excluding carboxylic acids is 1. The summed E-state index contributed by atoms with van der Waals surface area (Å²) in [4.78, 5) is 12.0. The number of nitrogens with one attached hydrogen (secondary N) is 1. The van der Waals surface area contributed by atoms with Crippen molar-refractivity contribution in [2.75, 3.05) is 55.7 Å². The van der Waals surface area contributed by atoms with Crippen LogP contribution in [-0.2, 0) is 79.4 Å². The van der Waals surface area contributed by atoms with Gasteiger partial charge in [0.05, 0.1) is 45.1 Å². The maximum atomic E-state index is 12.0. The molecular weight excluding hydrogens is 1130 g/mol. The average molecular weight is 1240 g/mol. The van der Waals surface area contributed by atoms with E-state index in [0.717, 1.165) is 50.5 Å². The number of unbranched alkanes of at least 4 members (excludes halogenated alkanes) is 4. The fourth-order valence-electron chi connectivity index (χ4n) is 7.70. The molecule has 0 rings (SSSR count). The molecule has 0 aromatic rings. The normalized spacial score (nSPS) is 18.7. The van der Waals surface area contributed by atoms with Gasteiger partial charge < -0.3 is 27.4 Å². The van der Waals surface area contributed by atoms with Gasteiger partial charge in [-0.1, -0.05) is 214 Å². The Morgan fingerprint density at radius 1 is 0.569 bits per heavy atom. The molecule has 0 saturated heterocycles. The van der Waals surface area contributed by atoms with Crippen molar-refractivity contribution in [3.63, 3.8) is 0 Å². The fraction of sp³-hybridized carbons (Fsp3) is 0.942. The minimum absolute atomic E-state index is 0.106. The molecule has 0 aliphatic rings. The zero-order valence-electron chi connectivity index (χ0n) is 47.8. The predicted molar refractivity (Wildman–Crippen MR) is 347 cm³/mol. The van der Waals surface area contributed by atoms with Crippen molar-refractivity contribution >= 4 is 121 Å². The van der Waals surface area contributed by atoms with E-state index in [9.17, 15) is 4.79 Å². The zero-order valence-corrected chi connectivity index (χ0v) is 57.9. The van der Waals surface area contributed by atoms with Crippen LogP contribution in [-0.4, -0.2) is 86.0 Å². The minimum Gasteiger partial charge on any atom is -0.469 e. The molecule has 11 unspecified atom stereocenters. The van der Waals surface area contributed by atoms with E-state index in [1.807, 2.05) is 18.3 Å². The highest BCUT2D eigenvalue weighted by Crippen LogP contribution is 2.67. The predicted octanol–water partition coefficient (Wildman–Crippen LogP) is 20.0. The van der Waals surface area contributed by atoms with E-state index < -0.39 is 22.2 Å². The third-order valence-corrected chi connectivity index (χ3v) is 37.0. The van der Waals surface area contributed by atoms with Gasteiger partial charge in [0.1, 0.15) is 10.9 Å². The third-order valence-electron chi connectivity index (χ3n) is 12.5. The molecule has 0 fully saturated rings. The highest BCUT2D eigenvalue weighted by atomic mass is 32.9. The van der Waals surface area contributed by atoms with Crippen LogP contribution in [0.2, 0.25) is 0 Å². The molecule has 0 radical (unpaired) electrons. The molecular formula is C52H107NO7P4S8. The molecule has 0 aliphatic heterocycles. The second-order valence-corrected chi connectivity index (χ2v) is 47.8. The zero-order chi connectivity index (χ0) is 54.5. The Hall–Kier alpha value is 2.97. The molecule has 0 aliphatic carbocycles. The van der Waals surface area contributed by atoms with E-state index in [1.165, 1.54) is 120 Å². The second kappa shape index (κ2) is 44.6. The SMILES string of the molecule is CCCCC(/C=C/CP(=S)(OCC(CC)CCCC)SCC(C)OP(=S)(OC(C)CSP(=S)(CCCC(CC)CCCC)OCC(CC)CCCC)SCC(C)OP(=S)(NC(C)C)SCCC(=O)OC)CC. The molecule has 72 heavy (non-hydrogen) atoms. The average Bonchev–Trinajstić information content (AvgIpc) is 3.34. The summed E-state index contributed by atoms with van der Waals surface area (Å²) in [5.41, 5.74) is -10.1. The third kappa shape index (κ3) is 37.8. The van der Waals surface area contributed by atoms with Crippen molar-refractivity contribution in [1.82, 2.24) is 5.09 Å². The first-order chi connectivity index (χ1) is 34.1. The van der Waals surface area contributed by atoms with Crippen LogP contribution in [0.1, 0.15) is 212 Å². The Labute approximate surface area is 482 Å². The molecule has 430 valence electrons. The lowest BCUT2D eigenvalue weighted by atomic mass is 9.95. The first kappa shape index (κ1) is 75.0. The molecule has 1 N–H and O–H groups in total. The maximum Gasteiger partial charge on any atom is 0.306 e. The van der Waals surface area contributed by atoms with Crippen molar-refractivity contribution < 1.29 is 32.2 Å². The van der Waals surface area contributed by atoms with Crippen LogP contribution in [0.4, 0.5) is 0 Å². The van der Waals surface area contributed by atoms with Gasteiger partial charge in [0.2, 0.25) is 5.69 Å². The van der Waals surface area contributed by atoms with Crippen molar-refractivity contribution in [2.45, 2.75) is 236 Å². The summed E-state index contributed by atoms with van der Waals surface area (Å²) in [5.74, 6) is 4.44. The van der Waals surface area contributed by atoms with Gasteiger partial charge >= 0.3 is 5.97 Å². The van der Waals surface area contributed by atoms with Crippen LogP contribution in [0.25, 0.3) is 0 Å². The lowest BCUT2D eigenvalue weighted by Crippen LogP contribution is -2.23. The monoisotopic (exact) mass is 1240 g/mol. The molecule has 20 heteroatoms. The lowest BCUT2D eigenvalue weighted by molar-refractivity contribution is -0.140. The number of methoxy groups -OCH3 is 1. The molecule has 11 atom stereocenters. The van der Waals surface area contributed by atoms with E-state index in [1.54, 1.807) is 11.4 Å². The molecule has 0 aromatic carbocycles. The summed E-state index contributed by atoms with van der Waals surface area (Å²) < 4.78 is 39.3. The smallest absolute Gasteiger partial charge is 0.306 e. The number of hydrogen-bond acceptors (Lipinski definition) is 15. The Bertz CT molecular complexity index is 1600. The molecule has 0 aromatic heterocycles.